The number of ether oxygens (including phenoxy) is 1. The summed E-state index contributed by atoms with van der Waals surface area (Å²) in [5.41, 5.74) is 0.967. The zero-order chi connectivity index (χ0) is 16.2. The predicted octanol–water partition coefficient (Wildman–Crippen LogP) is 2.26. The van der Waals surface area contributed by atoms with E-state index in [1.807, 2.05) is 23.1 Å². The molecule has 0 bridgehead atoms. The first-order chi connectivity index (χ1) is 10.4. The average Bonchev–Trinajstić information content (AvgIpc) is 2.54. The molecule has 0 saturated carbocycles. The van der Waals surface area contributed by atoms with Gasteiger partial charge in [-0.15, -0.1) is 0 Å². The fourth-order valence-electron chi connectivity index (χ4n) is 2.75. The second-order valence-corrected chi connectivity index (χ2v) is 6.26. The number of benzene rings is 1. The van der Waals surface area contributed by atoms with Crippen molar-refractivity contribution in [2.45, 2.75) is 25.7 Å². The third kappa shape index (κ3) is 3.78. The summed E-state index contributed by atoms with van der Waals surface area (Å²) < 4.78 is 4.71. The van der Waals surface area contributed by atoms with E-state index in [1.54, 1.807) is 4.90 Å². The Hall–Kier alpha value is -2.04. The Labute approximate surface area is 131 Å². The fraction of sp³-hybridized carbons (Fsp3) is 0.529. The van der Waals surface area contributed by atoms with Gasteiger partial charge in [-0.3, -0.25) is 4.79 Å². The number of hydrogen-bond acceptors (Lipinski definition) is 3. The van der Waals surface area contributed by atoms with Crippen LogP contribution in [0.2, 0.25) is 0 Å². The van der Waals surface area contributed by atoms with Crippen LogP contribution < -0.4 is 0 Å². The summed E-state index contributed by atoms with van der Waals surface area (Å²) in [4.78, 5) is 27.5. The van der Waals surface area contributed by atoms with Gasteiger partial charge in [0.2, 0.25) is 5.91 Å². The minimum absolute atomic E-state index is 0.137. The van der Waals surface area contributed by atoms with Gasteiger partial charge in [-0.05, 0) is 11.0 Å². The van der Waals surface area contributed by atoms with Gasteiger partial charge in [0.25, 0.3) is 0 Å². The lowest BCUT2D eigenvalue weighted by atomic mass is 9.81. The number of rotatable bonds is 3. The van der Waals surface area contributed by atoms with Crippen molar-refractivity contribution in [1.29, 1.82) is 0 Å². The molecular weight excluding hydrogens is 280 g/mol. The molecule has 5 nitrogen and oxygen atoms in total. The average molecular weight is 304 g/mol. The first kappa shape index (κ1) is 16.3. The van der Waals surface area contributed by atoms with E-state index in [2.05, 4.69) is 26.0 Å². The lowest BCUT2D eigenvalue weighted by Gasteiger charge is -2.35. The first-order valence-electron chi connectivity index (χ1n) is 7.60. The Bertz CT molecular complexity index is 520. The van der Waals surface area contributed by atoms with Crippen molar-refractivity contribution in [1.82, 2.24) is 9.80 Å². The van der Waals surface area contributed by atoms with Gasteiger partial charge >= 0.3 is 6.09 Å². The van der Waals surface area contributed by atoms with Gasteiger partial charge in [-0.25, -0.2) is 4.79 Å². The fourth-order valence-corrected chi connectivity index (χ4v) is 2.75. The summed E-state index contributed by atoms with van der Waals surface area (Å²) in [5.74, 6) is 0.137. The van der Waals surface area contributed by atoms with E-state index in [9.17, 15) is 9.59 Å². The monoisotopic (exact) mass is 304 g/mol. The van der Waals surface area contributed by atoms with Gasteiger partial charge < -0.3 is 14.5 Å². The molecule has 0 spiro atoms. The highest BCUT2D eigenvalue weighted by molar-refractivity contribution is 5.78. The van der Waals surface area contributed by atoms with Crippen LogP contribution in [0.3, 0.4) is 0 Å². The van der Waals surface area contributed by atoms with Gasteiger partial charge in [0.05, 0.1) is 7.11 Å². The Morgan fingerprint density at radius 2 is 1.59 bits per heavy atom. The van der Waals surface area contributed by atoms with E-state index < -0.39 is 0 Å². The van der Waals surface area contributed by atoms with Crippen LogP contribution in [-0.4, -0.2) is 55.1 Å². The van der Waals surface area contributed by atoms with Gasteiger partial charge in [0, 0.05) is 32.6 Å². The Balaban J connectivity index is 1.92. The molecule has 0 aliphatic carbocycles. The molecule has 2 rings (SSSR count). The predicted molar refractivity (Wildman–Crippen MR) is 84.6 cm³/mol. The summed E-state index contributed by atoms with van der Waals surface area (Å²) in [7, 11) is 1.38. The molecule has 2 amide bonds. The third-order valence-electron chi connectivity index (χ3n) is 4.21. The van der Waals surface area contributed by atoms with E-state index >= 15 is 0 Å². The number of carbonyl (C=O) groups is 2. The first-order valence-corrected chi connectivity index (χ1v) is 7.60. The Morgan fingerprint density at radius 3 is 2.14 bits per heavy atom. The lowest BCUT2D eigenvalue weighted by Crippen LogP contribution is -2.51. The zero-order valence-electron chi connectivity index (χ0n) is 13.5. The molecule has 1 aromatic carbocycles. The molecule has 5 heteroatoms. The van der Waals surface area contributed by atoms with Crippen LogP contribution in [0.15, 0.2) is 30.3 Å². The highest BCUT2D eigenvalue weighted by Gasteiger charge is 2.29. The molecule has 0 aromatic heterocycles. The summed E-state index contributed by atoms with van der Waals surface area (Å²) >= 11 is 0. The molecule has 1 aliphatic rings. The summed E-state index contributed by atoms with van der Waals surface area (Å²) in [6.45, 7) is 6.38. The normalized spacial score (nSPS) is 15.6. The van der Waals surface area contributed by atoms with Crippen LogP contribution in [0.5, 0.6) is 0 Å². The Kier molecular flexibility index (Phi) is 5.06. The molecular formula is C17H24N2O3. The van der Waals surface area contributed by atoms with Crippen molar-refractivity contribution in [3.63, 3.8) is 0 Å². The SMILES string of the molecule is COC(=O)N1CCN(C(=O)CC(C)(C)c2ccccc2)CC1. The molecule has 0 radical (unpaired) electrons. The van der Waals surface area contributed by atoms with E-state index in [4.69, 9.17) is 4.74 Å². The third-order valence-corrected chi connectivity index (χ3v) is 4.21. The zero-order valence-corrected chi connectivity index (χ0v) is 13.5. The van der Waals surface area contributed by atoms with Crippen LogP contribution in [-0.2, 0) is 14.9 Å². The minimum atomic E-state index is -0.322. The van der Waals surface area contributed by atoms with E-state index in [1.165, 1.54) is 7.11 Å². The number of methoxy groups -OCH3 is 1. The van der Waals surface area contributed by atoms with E-state index in [-0.39, 0.29) is 17.4 Å². The van der Waals surface area contributed by atoms with Crippen molar-refractivity contribution in [3.05, 3.63) is 35.9 Å². The highest BCUT2D eigenvalue weighted by atomic mass is 16.5. The molecule has 1 aromatic rings. The van der Waals surface area contributed by atoms with E-state index in [0.29, 0.717) is 32.6 Å². The highest BCUT2D eigenvalue weighted by Crippen LogP contribution is 2.27. The molecule has 1 heterocycles. The summed E-state index contributed by atoms with van der Waals surface area (Å²) in [5, 5.41) is 0. The maximum absolute atomic E-state index is 12.5. The number of carbonyl (C=O) groups excluding carboxylic acids is 2. The van der Waals surface area contributed by atoms with Crippen molar-refractivity contribution in [3.8, 4) is 0 Å². The number of amides is 2. The second kappa shape index (κ2) is 6.81. The maximum atomic E-state index is 12.5. The quantitative estimate of drug-likeness (QED) is 0.860. The van der Waals surface area contributed by atoms with Gasteiger partial charge in [-0.1, -0.05) is 44.2 Å². The Morgan fingerprint density at radius 1 is 1.05 bits per heavy atom. The van der Waals surface area contributed by atoms with Gasteiger partial charge in [0.1, 0.15) is 0 Å². The molecule has 0 N–H and O–H groups in total. The number of hydrogen-bond donors (Lipinski definition) is 0. The van der Waals surface area contributed by atoms with Crippen LogP contribution in [0, 0.1) is 0 Å². The topological polar surface area (TPSA) is 49.9 Å². The molecule has 120 valence electrons. The molecule has 1 saturated heterocycles. The minimum Gasteiger partial charge on any atom is -0.453 e. The molecule has 22 heavy (non-hydrogen) atoms. The van der Waals surface area contributed by atoms with Crippen molar-refractivity contribution in [2.75, 3.05) is 33.3 Å². The van der Waals surface area contributed by atoms with Crippen LogP contribution in [0.4, 0.5) is 4.79 Å². The molecule has 1 fully saturated rings. The van der Waals surface area contributed by atoms with Crippen LogP contribution in [0.25, 0.3) is 0 Å². The van der Waals surface area contributed by atoms with Crippen LogP contribution >= 0.6 is 0 Å². The van der Waals surface area contributed by atoms with Crippen molar-refractivity contribution in [2.24, 2.45) is 0 Å². The van der Waals surface area contributed by atoms with Crippen molar-refractivity contribution >= 4 is 12.0 Å². The van der Waals surface area contributed by atoms with E-state index in [0.717, 1.165) is 5.56 Å². The van der Waals surface area contributed by atoms with Gasteiger partial charge in [-0.2, -0.15) is 0 Å². The van der Waals surface area contributed by atoms with Gasteiger partial charge in [0.15, 0.2) is 0 Å². The summed E-state index contributed by atoms with van der Waals surface area (Å²) in [6.07, 6.45) is 0.145. The second-order valence-electron chi connectivity index (χ2n) is 6.26. The summed E-state index contributed by atoms with van der Waals surface area (Å²) in [6, 6.07) is 10.1. The molecule has 0 unspecified atom stereocenters. The van der Waals surface area contributed by atoms with Crippen molar-refractivity contribution < 1.29 is 14.3 Å². The standard InChI is InChI=1S/C17H24N2O3/c1-17(2,14-7-5-4-6-8-14)13-15(20)18-9-11-19(12-10-18)16(21)22-3/h4-8H,9-13H2,1-3H3. The number of piperazine rings is 1. The largest absolute Gasteiger partial charge is 0.453 e. The molecule has 1 aliphatic heterocycles. The van der Waals surface area contributed by atoms with Crippen LogP contribution in [0.1, 0.15) is 25.8 Å². The molecule has 0 atom stereocenters. The lowest BCUT2D eigenvalue weighted by molar-refractivity contribution is -0.133. The smallest absolute Gasteiger partial charge is 0.409 e. The number of nitrogens with zero attached hydrogens (tertiary/aromatic N) is 2. The maximum Gasteiger partial charge on any atom is 0.409 e.